The van der Waals surface area contributed by atoms with E-state index >= 15 is 0 Å². The van der Waals surface area contributed by atoms with Crippen LogP contribution in [0.4, 0.5) is 0 Å². The highest BCUT2D eigenvalue weighted by Crippen LogP contribution is 2.19. The maximum Gasteiger partial charge on any atom is 0.137 e. The lowest BCUT2D eigenvalue weighted by molar-refractivity contribution is 0.855. The third-order valence-corrected chi connectivity index (χ3v) is 7.38. The van der Waals surface area contributed by atoms with Crippen molar-refractivity contribution in [3.05, 3.63) is 129 Å². The van der Waals surface area contributed by atoms with E-state index in [1.165, 1.54) is 45.0 Å². The van der Waals surface area contributed by atoms with Crippen LogP contribution in [0, 0.1) is 41.5 Å². The fourth-order valence-electron chi connectivity index (χ4n) is 5.40. The van der Waals surface area contributed by atoms with Gasteiger partial charge in [-0.3, -0.25) is 0 Å². The SMILES string of the molecule is Cc1cc(CCc2ccc(CCc3cc(C)cc(-n4c(C)ccc4C)n3)cc2)nc(-n2c(C)ccc2C)c1.[HH]. The average Bonchev–Trinajstić information content (AvgIpc) is 3.40. The van der Waals surface area contributed by atoms with Crippen LogP contribution >= 0.6 is 0 Å². The molecule has 0 saturated heterocycles. The molecule has 0 spiro atoms. The second-order valence-corrected chi connectivity index (χ2v) is 10.7. The molecule has 0 bridgehead atoms. The van der Waals surface area contributed by atoms with E-state index in [1.807, 2.05) is 0 Å². The van der Waals surface area contributed by atoms with Gasteiger partial charge in [-0.25, -0.2) is 9.97 Å². The van der Waals surface area contributed by atoms with Crippen molar-refractivity contribution in [1.82, 2.24) is 19.1 Å². The van der Waals surface area contributed by atoms with Gasteiger partial charge in [0.1, 0.15) is 11.6 Å². The summed E-state index contributed by atoms with van der Waals surface area (Å²) in [5.74, 6) is 2.04. The van der Waals surface area contributed by atoms with Crippen LogP contribution in [0.3, 0.4) is 0 Å². The summed E-state index contributed by atoms with van der Waals surface area (Å²) in [4.78, 5) is 9.98. The van der Waals surface area contributed by atoms with Crippen molar-refractivity contribution in [2.24, 2.45) is 0 Å². The first kappa shape index (κ1) is 25.7. The molecule has 4 heterocycles. The molecule has 196 valence electrons. The van der Waals surface area contributed by atoms with Gasteiger partial charge in [-0.1, -0.05) is 24.3 Å². The molecule has 4 heteroatoms. The topological polar surface area (TPSA) is 35.6 Å². The number of nitrogens with zero attached hydrogens (tertiary/aromatic N) is 4. The van der Waals surface area contributed by atoms with E-state index in [4.69, 9.17) is 9.97 Å². The zero-order chi connectivity index (χ0) is 26.8. The smallest absolute Gasteiger partial charge is 0.137 e. The zero-order valence-corrected chi connectivity index (χ0v) is 23.5. The number of pyridine rings is 2. The van der Waals surface area contributed by atoms with Gasteiger partial charge in [-0.05, 0) is 138 Å². The number of aromatic nitrogens is 4. The van der Waals surface area contributed by atoms with Gasteiger partial charge in [0.2, 0.25) is 0 Å². The van der Waals surface area contributed by atoms with E-state index in [1.54, 1.807) is 0 Å². The van der Waals surface area contributed by atoms with E-state index in [2.05, 4.69) is 123 Å². The summed E-state index contributed by atoms with van der Waals surface area (Å²) in [6.45, 7) is 12.9. The Bertz CT molecular complexity index is 1420. The lowest BCUT2D eigenvalue weighted by Gasteiger charge is -2.12. The molecule has 0 amide bonds. The largest absolute Gasteiger partial charge is 0.303 e. The predicted octanol–water partition coefficient (Wildman–Crippen LogP) is 7.72. The van der Waals surface area contributed by atoms with Gasteiger partial charge in [0.05, 0.1) is 0 Å². The highest BCUT2D eigenvalue weighted by molar-refractivity contribution is 5.37. The lowest BCUT2D eigenvalue weighted by Crippen LogP contribution is -2.05. The molecule has 0 aliphatic rings. The third kappa shape index (κ3) is 5.65. The Morgan fingerprint density at radius 3 is 1.16 bits per heavy atom. The van der Waals surface area contributed by atoms with Crippen LogP contribution in [0.5, 0.6) is 0 Å². The lowest BCUT2D eigenvalue weighted by atomic mass is 10.0. The van der Waals surface area contributed by atoms with Crippen LogP contribution in [0.15, 0.2) is 72.8 Å². The number of rotatable bonds is 8. The minimum atomic E-state index is 0. The molecule has 0 fully saturated rings. The van der Waals surface area contributed by atoms with Crippen molar-refractivity contribution < 1.29 is 1.43 Å². The maximum absolute atomic E-state index is 4.99. The molecular weight excluding hydrogens is 464 g/mol. The van der Waals surface area contributed by atoms with Crippen molar-refractivity contribution in [1.29, 1.82) is 0 Å². The van der Waals surface area contributed by atoms with Crippen LogP contribution in [0.2, 0.25) is 0 Å². The monoisotopic (exact) mass is 504 g/mol. The molecule has 0 aliphatic carbocycles. The fraction of sp³-hybridized carbons (Fsp3) is 0.294. The summed E-state index contributed by atoms with van der Waals surface area (Å²) < 4.78 is 4.47. The first-order valence-electron chi connectivity index (χ1n) is 13.6. The Morgan fingerprint density at radius 1 is 0.474 bits per heavy atom. The normalized spacial score (nSPS) is 11.3. The fourth-order valence-corrected chi connectivity index (χ4v) is 5.40. The van der Waals surface area contributed by atoms with Gasteiger partial charge < -0.3 is 9.13 Å². The minimum Gasteiger partial charge on any atom is -0.303 e. The molecular formula is C34H40N4. The maximum atomic E-state index is 4.99. The minimum absolute atomic E-state index is 0. The van der Waals surface area contributed by atoms with Gasteiger partial charge in [-0.2, -0.15) is 0 Å². The number of aryl methyl sites for hydroxylation is 10. The van der Waals surface area contributed by atoms with Crippen LogP contribution in [0.25, 0.3) is 11.6 Å². The third-order valence-electron chi connectivity index (χ3n) is 7.38. The van der Waals surface area contributed by atoms with Gasteiger partial charge in [0.15, 0.2) is 0 Å². The first-order chi connectivity index (χ1) is 18.3. The van der Waals surface area contributed by atoms with E-state index in [-0.39, 0.29) is 1.43 Å². The molecule has 0 saturated carbocycles. The molecule has 4 nitrogen and oxygen atoms in total. The quantitative estimate of drug-likeness (QED) is 0.217. The van der Waals surface area contributed by atoms with Crippen LogP contribution in [-0.2, 0) is 25.7 Å². The number of hydrogen-bond acceptors (Lipinski definition) is 2. The Labute approximate surface area is 228 Å². The molecule has 0 atom stereocenters. The van der Waals surface area contributed by atoms with E-state index < -0.39 is 0 Å². The highest BCUT2D eigenvalue weighted by Gasteiger charge is 2.10. The molecule has 4 aromatic heterocycles. The zero-order valence-electron chi connectivity index (χ0n) is 23.5. The van der Waals surface area contributed by atoms with Crippen molar-refractivity contribution in [2.75, 3.05) is 0 Å². The Balaban J connectivity index is 0.00000353. The summed E-state index contributed by atoms with van der Waals surface area (Å²) in [7, 11) is 0. The molecule has 5 aromatic rings. The molecule has 0 radical (unpaired) electrons. The van der Waals surface area contributed by atoms with Crippen LogP contribution in [-0.4, -0.2) is 19.1 Å². The first-order valence-corrected chi connectivity index (χ1v) is 13.6. The van der Waals surface area contributed by atoms with E-state index in [0.717, 1.165) is 48.7 Å². The molecule has 1 aromatic carbocycles. The van der Waals surface area contributed by atoms with E-state index in [9.17, 15) is 0 Å². The second-order valence-electron chi connectivity index (χ2n) is 10.7. The summed E-state index contributed by atoms with van der Waals surface area (Å²) in [5, 5.41) is 0. The Kier molecular flexibility index (Phi) is 7.33. The Hall–Kier alpha value is -3.92. The number of benzene rings is 1. The van der Waals surface area contributed by atoms with Crippen molar-refractivity contribution in [3.8, 4) is 11.6 Å². The molecule has 38 heavy (non-hydrogen) atoms. The van der Waals surface area contributed by atoms with Gasteiger partial charge >= 0.3 is 0 Å². The van der Waals surface area contributed by atoms with Gasteiger partial charge in [-0.15, -0.1) is 0 Å². The number of hydrogen-bond donors (Lipinski definition) is 0. The van der Waals surface area contributed by atoms with Crippen molar-refractivity contribution in [2.45, 2.75) is 67.2 Å². The van der Waals surface area contributed by atoms with E-state index in [0.29, 0.717) is 0 Å². The van der Waals surface area contributed by atoms with Gasteiger partial charge in [0.25, 0.3) is 0 Å². The second kappa shape index (κ2) is 10.8. The van der Waals surface area contributed by atoms with Crippen molar-refractivity contribution in [3.63, 3.8) is 0 Å². The van der Waals surface area contributed by atoms with Crippen LogP contribution in [0.1, 0.15) is 57.8 Å². The summed E-state index contributed by atoms with van der Waals surface area (Å²) in [5.41, 5.74) is 12.4. The molecule has 0 N–H and O–H groups in total. The van der Waals surface area contributed by atoms with Gasteiger partial charge in [0, 0.05) is 35.6 Å². The van der Waals surface area contributed by atoms with Crippen LogP contribution < -0.4 is 0 Å². The summed E-state index contributed by atoms with van der Waals surface area (Å²) in [6.07, 6.45) is 3.83. The Morgan fingerprint density at radius 2 is 0.816 bits per heavy atom. The summed E-state index contributed by atoms with van der Waals surface area (Å²) in [6, 6.07) is 26.5. The standard InChI is InChI=1S/C34H38N4.H2/c1-23-19-31(35-33(21-23)37-25(3)7-8-26(37)4)17-15-29-11-13-30(14-12-29)16-18-32-20-24(2)22-34(36-32)38-27(5)9-10-28(38)6;/h7-14,19-22H,15-18H2,1-6H3;1H. The highest BCUT2D eigenvalue weighted by atomic mass is 15.1. The predicted molar refractivity (Wildman–Crippen MR) is 159 cm³/mol. The average molecular weight is 505 g/mol. The van der Waals surface area contributed by atoms with Crippen molar-refractivity contribution >= 4 is 0 Å². The molecule has 0 aliphatic heterocycles. The summed E-state index contributed by atoms with van der Waals surface area (Å²) >= 11 is 0. The molecule has 0 unspecified atom stereocenters. The molecule has 5 rings (SSSR count).